The molecule has 2 heterocycles. The normalized spacial score (nSPS) is 19.7. The number of ether oxygens (including phenoxy) is 6. The lowest BCUT2D eigenvalue weighted by Crippen LogP contribution is -2.46. The Labute approximate surface area is 448 Å². The van der Waals surface area contributed by atoms with E-state index in [2.05, 4.69) is 27.7 Å². The van der Waals surface area contributed by atoms with Crippen molar-refractivity contribution in [2.24, 2.45) is 34.5 Å². The van der Waals surface area contributed by atoms with E-state index in [9.17, 15) is 19.2 Å². The van der Waals surface area contributed by atoms with Crippen LogP contribution in [0.4, 0.5) is 0 Å². The molecule has 0 amide bonds. The second-order valence-electron chi connectivity index (χ2n) is 22.9. The highest BCUT2D eigenvalue weighted by Crippen LogP contribution is 2.48. The summed E-state index contributed by atoms with van der Waals surface area (Å²) in [6.45, 7) is 12.7. The molecule has 0 aromatic heterocycles. The van der Waals surface area contributed by atoms with Gasteiger partial charge in [0, 0.05) is 0 Å². The quantitative estimate of drug-likeness (QED) is 0.0362. The molecule has 0 N–H and O–H groups in total. The number of rotatable bonds is 40. The maximum atomic E-state index is 12.9. The third kappa shape index (κ3) is 21.0. The highest BCUT2D eigenvalue weighted by atomic mass is 16.6. The lowest BCUT2D eigenvalue weighted by molar-refractivity contribution is -0.140. The Morgan fingerprint density at radius 3 is 1.07 bits per heavy atom. The summed E-state index contributed by atoms with van der Waals surface area (Å²) >= 11 is 0. The van der Waals surface area contributed by atoms with Gasteiger partial charge in [0.1, 0.15) is 13.2 Å². The summed E-state index contributed by atoms with van der Waals surface area (Å²) in [6.07, 6.45) is 37.6. The van der Waals surface area contributed by atoms with Crippen LogP contribution in [-0.2, 0) is 28.4 Å². The predicted molar refractivity (Wildman–Crippen MR) is 296 cm³/mol. The van der Waals surface area contributed by atoms with E-state index in [0.717, 1.165) is 75.0 Å². The first kappa shape index (κ1) is 61.1. The first-order valence-corrected chi connectivity index (χ1v) is 30.2. The van der Waals surface area contributed by atoms with Crippen molar-refractivity contribution in [1.29, 1.82) is 0 Å². The monoisotopic (exact) mass is 1030 g/mol. The van der Waals surface area contributed by atoms with Crippen LogP contribution in [0.25, 0.3) is 0 Å². The molecule has 0 bridgehead atoms. The number of carbonyl (C=O) groups excluding carboxylic acids is 4. The molecule has 4 atom stereocenters. The molecule has 2 saturated heterocycles. The van der Waals surface area contributed by atoms with Crippen LogP contribution in [0.3, 0.4) is 0 Å². The zero-order valence-electron chi connectivity index (χ0n) is 46.9. The zero-order valence-corrected chi connectivity index (χ0v) is 46.9. The van der Waals surface area contributed by atoms with Gasteiger partial charge >= 0.3 is 23.9 Å². The zero-order chi connectivity index (χ0) is 52.7. The van der Waals surface area contributed by atoms with Crippen molar-refractivity contribution < 1.29 is 47.6 Å². The highest BCUT2D eigenvalue weighted by molar-refractivity contribution is 5.96. The topological polar surface area (TPSA) is 124 Å². The van der Waals surface area contributed by atoms with Gasteiger partial charge in [-0.15, -0.1) is 0 Å². The van der Waals surface area contributed by atoms with E-state index in [1.807, 2.05) is 0 Å². The third-order valence-corrected chi connectivity index (χ3v) is 17.2. The molecule has 74 heavy (non-hydrogen) atoms. The number of benzene rings is 2. The van der Waals surface area contributed by atoms with E-state index in [4.69, 9.17) is 28.4 Å². The average Bonchev–Trinajstić information content (AvgIpc) is 3.39. The van der Waals surface area contributed by atoms with Crippen LogP contribution in [0.2, 0.25) is 0 Å². The molecule has 0 radical (unpaired) electrons. The van der Waals surface area contributed by atoms with Crippen LogP contribution < -0.4 is 0 Å². The predicted octanol–water partition coefficient (Wildman–Crippen LogP) is 16.3. The molecular formula is C64H100O10. The van der Waals surface area contributed by atoms with Crippen molar-refractivity contribution in [3.63, 3.8) is 0 Å². The summed E-state index contributed by atoms with van der Waals surface area (Å²) in [5.41, 5.74) is 1.32. The molecule has 10 heteroatoms. The summed E-state index contributed by atoms with van der Waals surface area (Å²) < 4.78 is 33.1. The Morgan fingerprint density at radius 1 is 0.419 bits per heavy atom. The van der Waals surface area contributed by atoms with Gasteiger partial charge in [-0.25, -0.2) is 19.2 Å². The Bertz CT molecular complexity index is 1890. The average molecular weight is 1030 g/mol. The smallest absolute Gasteiger partial charge is 0.338 e. The molecular weight excluding hydrogens is 929 g/mol. The number of carbonyl (C=O) groups is 4. The minimum absolute atomic E-state index is 0.0875. The van der Waals surface area contributed by atoms with Crippen molar-refractivity contribution in [3.8, 4) is 0 Å². The van der Waals surface area contributed by atoms with Crippen molar-refractivity contribution in [3.05, 3.63) is 70.8 Å². The molecule has 2 aliphatic heterocycles. The maximum Gasteiger partial charge on any atom is 0.338 e. The van der Waals surface area contributed by atoms with E-state index in [-0.39, 0.29) is 10.8 Å². The first-order valence-electron chi connectivity index (χ1n) is 30.2. The fraction of sp³-hybridized carbons (Fsp3) is 0.750. The van der Waals surface area contributed by atoms with E-state index in [1.54, 1.807) is 48.5 Å². The molecule has 0 spiro atoms. The Morgan fingerprint density at radius 2 is 0.730 bits per heavy atom. The number of esters is 4. The molecule has 4 unspecified atom stereocenters. The summed E-state index contributed by atoms with van der Waals surface area (Å²) in [4.78, 5) is 51.3. The number of hydrogen-bond acceptors (Lipinski definition) is 10. The van der Waals surface area contributed by atoms with Crippen molar-refractivity contribution in [2.75, 3.05) is 52.9 Å². The van der Waals surface area contributed by atoms with Crippen LogP contribution in [-0.4, -0.2) is 76.7 Å². The minimum atomic E-state index is -0.421. The highest BCUT2D eigenvalue weighted by Gasteiger charge is 2.40. The maximum absolute atomic E-state index is 12.9. The Balaban J connectivity index is 1.01. The van der Waals surface area contributed by atoms with E-state index >= 15 is 0 Å². The third-order valence-electron chi connectivity index (χ3n) is 17.2. The van der Waals surface area contributed by atoms with E-state index < -0.39 is 23.9 Å². The minimum Gasteiger partial charge on any atom is -0.462 e. The van der Waals surface area contributed by atoms with Gasteiger partial charge in [-0.05, 0) is 111 Å². The molecule has 3 aliphatic rings. The SMILES string of the molecule is CCCCCCCCC1C(CCCCCC)CCC(CCCCCCCCOC(=O)c2cccc(C(=O)OCC3(CC)COC3)c2)C1CCCCCCCCOC(=O)c1cccc(C(=O)OCC2(CC)COC2)c1. The van der Waals surface area contributed by atoms with Gasteiger partial charge in [0.25, 0.3) is 0 Å². The molecule has 3 fully saturated rings. The summed E-state index contributed by atoms with van der Waals surface area (Å²) in [5.74, 6) is 1.82. The largest absolute Gasteiger partial charge is 0.462 e. The standard InChI is InChI=1S/C64H100O10/c1-5-9-11-13-19-25-37-57-51(31-23-12-10-6-2)39-40-52(32-24-18-14-16-21-27-41-71-59(65)53-33-29-35-55(43-53)61(67)73-49-63(7-3)45-69-46-63)58(57)38-26-20-15-17-22-28-42-72-60(66)54-34-30-36-56(44-54)62(68)74-50-64(8-4)47-70-48-64/h29-30,33-36,43-44,51-52,57-58H,5-28,31-32,37-42,45-50H2,1-4H3. The van der Waals surface area contributed by atoms with Crippen molar-refractivity contribution >= 4 is 23.9 Å². The van der Waals surface area contributed by atoms with Crippen LogP contribution in [0.1, 0.15) is 262 Å². The lowest BCUT2D eigenvalue weighted by atomic mass is 9.61. The van der Waals surface area contributed by atoms with Crippen molar-refractivity contribution in [2.45, 2.75) is 220 Å². The Hall–Kier alpha value is -3.76. The van der Waals surface area contributed by atoms with Crippen LogP contribution in [0.5, 0.6) is 0 Å². The number of hydrogen-bond donors (Lipinski definition) is 0. The van der Waals surface area contributed by atoms with Crippen molar-refractivity contribution in [1.82, 2.24) is 0 Å². The number of unbranched alkanes of at least 4 members (excludes halogenated alkanes) is 18. The Kier molecular flexibility index (Phi) is 28.7. The van der Waals surface area contributed by atoms with E-state index in [1.165, 1.54) is 141 Å². The van der Waals surface area contributed by atoms with Gasteiger partial charge in [-0.1, -0.05) is 181 Å². The van der Waals surface area contributed by atoms with Crippen LogP contribution in [0, 0.1) is 34.5 Å². The van der Waals surface area contributed by atoms with Gasteiger partial charge in [0.2, 0.25) is 0 Å². The van der Waals surface area contributed by atoms with Gasteiger partial charge in [-0.2, -0.15) is 0 Å². The van der Waals surface area contributed by atoms with Gasteiger partial charge in [-0.3, -0.25) is 0 Å². The summed E-state index contributed by atoms with van der Waals surface area (Å²) in [5, 5.41) is 0. The van der Waals surface area contributed by atoms with Gasteiger partial charge in [0.05, 0.1) is 72.7 Å². The summed E-state index contributed by atoms with van der Waals surface area (Å²) in [6, 6.07) is 13.3. The molecule has 1 aliphatic carbocycles. The second kappa shape index (κ2) is 34.8. The van der Waals surface area contributed by atoms with Crippen LogP contribution in [0.15, 0.2) is 48.5 Å². The van der Waals surface area contributed by atoms with Gasteiger partial charge in [0.15, 0.2) is 0 Å². The molecule has 10 nitrogen and oxygen atoms in total. The second-order valence-corrected chi connectivity index (χ2v) is 22.9. The molecule has 2 aromatic rings. The van der Waals surface area contributed by atoms with Crippen LogP contribution >= 0.6 is 0 Å². The molecule has 1 saturated carbocycles. The molecule has 416 valence electrons. The fourth-order valence-electron chi connectivity index (χ4n) is 11.8. The first-order chi connectivity index (χ1) is 36.1. The molecule has 2 aromatic carbocycles. The lowest BCUT2D eigenvalue weighted by Gasteiger charge is -2.44. The molecule has 5 rings (SSSR count). The van der Waals surface area contributed by atoms with E-state index in [0.29, 0.717) is 75.1 Å². The summed E-state index contributed by atoms with van der Waals surface area (Å²) in [7, 11) is 0. The fourth-order valence-corrected chi connectivity index (χ4v) is 11.8. The van der Waals surface area contributed by atoms with Gasteiger partial charge < -0.3 is 28.4 Å².